The van der Waals surface area contributed by atoms with Crippen molar-refractivity contribution in [2.24, 2.45) is 40.4 Å². The summed E-state index contributed by atoms with van der Waals surface area (Å²) in [6.07, 6.45) is 11.3. The minimum absolute atomic E-state index is 0.154. The summed E-state index contributed by atoms with van der Waals surface area (Å²) in [4.78, 5) is 17.9. The number of nitrogens with one attached hydrogen (secondary N) is 1. The minimum Gasteiger partial charge on any atom is -0.466 e. The van der Waals surface area contributed by atoms with Crippen LogP contribution in [0.3, 0.4) is 0 Å². The summed E-state index contributed by atoms with van der Waals surface area (Å²) < 4.78 is 5.45. The Morgan fingerprint density at radius 2 is 2.05 bits per heavy atom. The summed E-state index contributed by atoms with van der Waals surface area (Å²) in [5.74, 6) is 3.20. The second kappa shape index (κ2) is 9.66. The molecule has 2 saturated carbocycles. The predicted octanol–water partition coefficient (Wildman–Crippen LogP) is 8.85. The molecule has 0 bridgehead atoms. The van der Waals surface area contributed by atoms with Crippen molar-refractivity contribution in [2.45, 2.75) is 79.6 Å². The maximum atomic E-state index is 11.4. The second-order valence-electron chi connectivity index (χ2n) is 13.0. The normalized spacial score (nSPS) is 34.3. The standard InChI is InChI=1S/C32H41ClN2O2S/c1-18-6-7-21(16-27(18)33)34-30-35-28-13-15-32(5)25-12-14-31(4)23(19(2)17-37-20(3)36)10-11-24(31)22(25)8-9-26(32)29(28)38-30/h6-7,9,16,19,22-25H,8,10-15,17H2,1-5H3,(H,34,35)/t19-,22+,23-,24+,25+,31-,32-/m1/s1. The highest BCUT2D eigenvalue weighted by Crippen LogP contribution is 2.68. The molecule has 204 valence electrons. The number of hydrogen-bond acceptors (Lipinski definition) is 5. The van der Waals surface area contributed by atoms with Crippen LogP contribution in [0.15, 0.2) is 24.3 Å². The first-order chi connectivity index (χ1) is 18.1. The van der Waals surface area contributed by atoms with E-state index in [1.807, 2.05) is 24.3 Å². The van der Waals surface area contributed by atoms with Crippen molar-refractivity contribution in [3.05, 3.63) is 45.4 Å². The number of ether oxygens (including phenoxy) is 1. The molecule has 38 heavy (non-hydrogen) atoms. The van der Waals surface area contributed by atoms with Gasteiger partial charge in [0.15, 0.2) is 5.13 Å². The maximum absolute atomic E-state index is 11.4. The maximum Gasteiger partial charge on any atom is 0.302 e. The Balaban J connectivity index is 1.24. The lowest BCUT2D eigenvalue weighted by atomic mass is 9.47. The lowest BCUT2D eigenvalue weighted by Crippen LogP contribution is -2.50. The average Bonchev–Trinajstić information content (AvgIpc) is 3.44. The van der Waals surface area contributed by atoms with Gasteiger partial charge in [-0.2, -0.15) is 0 Å². The monoisotopic (exact) mass is 552 g/mol. The molecule has 0 saturated heterocycles. The quantitative estimate of drug-likeness (QED) is 0.376. The first-order valence-corrected chi connectivity index (χ1v) is 15.7. The van der Waals surface area contributed by atoms with Crippen molar-refractivity contribution in [1.82, 2.24) is 4.98 Å². The highest BCUT2D eigenvalue weighted by molar-refractivity contribution is 7.16. The van der Waals surface area contributed by atoms with E-state index in [9.17, 15) is 4.79 Å². The molecule has 1 aromatic carbocycles. The third-order valence-corrected chi connectivity index (χ3v) is 12.5. The van der Waals surface area contributed by atoms with Gasteiger partial charge in [0.05, 0.1) is 17.2 Å². The number of halogens is 1. The number of aromatic nitrogens is 1. The van der Waals surface area contributed by atoms with Gasteiger partial charge >= 0.3 is 5.97 Å². The molecule has 0 unspecified atom stereocenters. The Hall–Kier alpha value is -1.85. The van der Waals surface area contributed by atoms with E-state index >= 15 is 0 Å². The molecule has 0 radical (unpaired) electrons. The smallest absolute Gasteiger partial charge is 0.302 e. The topological polar surface area (TPSA) is 51.2 Å². The van der Waals surface area contributed by atoms with Gasteiger partial charge in [0.1, 0.15) is 0 Å². The number of benzene rings is 1. The Labute approximate surface area is 236 Å². The van der Waals surface area contributed by atoms with E-state index in [0.717, 1.165) is 45.6 Å². The van der Waals surface area contributed by atoms with E-state index in [1.54, 1.807) is 5.57 Å². The summed E-state index contributed by atoms with van der Waals surface area (Å²) in [6, 6.07) is 6.13. The minimum atomic E-state index is -0.154. The molecule has 1 N–H and O–H groups in total. The van der Waals surface area contributed by atoms with E-state index in [-0.39, 0.29) is 11.4 Å². The number of thiazole rings is 1. The Kier molecular flexibility index (Phi) is 6.70. The van der Waals surface area contributed by atoms with Crippen LogP contribution in [0.1, 0.15) is 82.4 Å². The molecule has 6 rings (SSSR count). The number of hydrogen-bond donors (Lipinski definition) is 1. The SMILES string of the molecule is CC(=O)OC[C@@H](C)[C@H]1CC[C@H]2[C@@H]3CC=C4c5sc(Nc6ccc(C)c(Cl)c6)nc5CC[C@]4(C)[C@H]3CC[C@]12C. The fraction of sp³-hybridized carbons (Fsp3) is 0.625. The van der Waals surface area contributed by atoms with Crippen LogP contribution in [0.5, 0.6) is 0 Å². The van der Waals surface area contributed by atoms with Gasteiger partial charge in [-0.3, -0.25) is 4.79 Å². The van der Waals surface area contributed by atoms with Gasteiger partial charge in [-0.25, -0.2) is 4.98 Å². The van der Waals surface area contributed by atoms with Crippen molar-refractivity contribution < 1.29 is 9.53 Å². The van der Waals surface area contributed by atoms with Crippen LogP contribution in [-0.2, 0) is 16.0 Å². The van der Waals surface area contributed by atoms with Gasteiger partial charge < -0.3 is 10.1 Å². The molecular weight excluding hydrogens is 512 g/mol. The molecule has 1 heterocycles. The number of rotatable bonds is 5. The summed E-state index contributed by atoms with van der Waals surface area (Å²) in [7, 11) is 0. The predicted molar refractivity (Wildman–Crippen MR) is 157 cm³/mol. The largest absolute Gasteiger partial charge is 0.466 e. The summed E-state index contributed by atoms with van der Waals surface area (Å²) in [5.41, 5.74) is 5.50. The molecule has 2 fully saturated rings. The fourth-order valence-electron chi connectivity index (χ4n) is 9.06. The first kappa shape index (κ1) is 26.4. The number of allylic oxidation sites excluding steroid dienone is 2. The van der Waals surface area contributed by atoms with E-state index in [2.05, 4.69) is 44.3 Å². The first-order valence-electron chi connectivity index (χ1n) is 14.5. The zero-order chi connectivity index (χ0) is 26.8. The van der Waals surface area contributed by atoms with E-state index in [4.69, 9.17) is 21.3 Å². The molecule has 0 spiro atoms. The fourth-order valence-corrected chi connectivity index (χ4v) is 10.5. The lowest BCUT2D eigenvalue weighted by molar-refractivity contribution is -0.143. The molecule has 2 aromatic rings. The van der Waals surface area contributed by atoms with Crippen LogP contribution in [0.25, 0.3) is 5.57 Å². The number of fused-ring (bicyclic) bond motifs is 7. The number of esters is 1. The van der Waals surface area contributed by atoms with Crippen LogP contribution in [0.2, 0.25) is 5.02 Å². The summed E-state index contributed by atoms with van der Waals surface area (Å²) in [6.45, 7) is 11.5. The highest BCUT2D eigenvalue weighted by atomic mass is 35.5. The third-order valence-electron chi connectivity index (χ3n) is 11.0. The lowest BCUT2D eigenvalue weighted by Gasteiger charge is -2.57. The molecule has 7 atom stereocenters. The average molecular weight is 553 g/mol. The van der Waals surface area contributed by atoms with Crippen molar-refractivity contribution in [2.75, 3.05) is 11.9 Å². The summed E-state index contributed by atoms with van der Waals surface area (Å²) in [5, 5.41) is 5.28. The van der Waals surface area contributed by atoms with Crippen LogP contribution in [-0.4, -0.2) is 17.6 Å². The van der Waals surface area contributed by atoms with Gasteiger partial charge in [0.25, 0.3) is 0 Å². The van der Waals surface area contributed by atoms with Gasteiger partial charge in [0.2, 0.25) is 0 Å². The zero-order valence-corrected chi connectivity index (χ0v) is 25.0. The highest BCUT2D eigenvalue weighted by Gasteiger charge is 2.59. The Bertz CT molecular complexity index is 1290. The molecule has 4 aliphatic carbocycles. The third kappa shape index (κ3) is 4.23. The van der Waals surface area contributed by atoms with Crippen LogP contribution in [0, 0.1) is 47.3 Å². The van der Waals surface area contributed by atoms with E-state index < -0.39 is 0 Å². The van der Waals surface area contributed by atoms with Crippen molar-refractivity contribution in [3.8, 4) is 0 Å². The van der Waals surface area contributed by atoms with E-state index in [1.165, 1.54) is 56.0 Å². The summed E-state index contributed by atoms with van der Waals surface area (Å²) >= 11 is 8.19. The number of anilines is 2. The van der Waals surface area contributed by atoms with Crippen LogP contribution < -0.4 is 5.32 Å². The van der Waals surface area contributed by atoms with Crippen molar-refractivity contribution >= 4 is 45.3 Å². The second-order valence-corrected chi connectivity index (χ2v) is 14.4. The van der Waals surface area contributed by atoms with Crippen LogP contribution in [0.4, 0.5) is 10.8 Å². The zero-order valence-electron chi connectivity index (χ0n) is 23.4. The molecule has 0 aliphatic heterocycles. The van der Waals surface area contributed by atoms with Gasteiger partial charge in [-0.05, 0) is 116 Å². The van der Waals surface area contributed by atoms with Gasteiger partial charge in [-0.1, -0.05) is 55.9 Å². The van der Waals surface area contributed by atoms with Crippen molar-refractivity contribution in [1.29, 1.82) is 0 Å². The van der Waals surface area contributed by atoms with E-state index in [0.29, 0.717) is 23.9 Å². The number of aryl methyl sites for hydroxylation is 2. The molecule has 4 aliphatic rings. The molecule has 0 amide bonds. The molecule has 1 aromatic heterocycles. The molecule has 4 nitrogen and oxygen atoms in total. The van der Waals surface area contributed by atoms with Gasteiger partial charge in [-0.15, -0.1) is 0 Å². The molecule has 6 heteroatoms. The number of carbonyl (C=O) groups is 1. The number of carbonyl (C=O) groups excluding carboxylic acids is 1. The Morgan fingerprint density at radius 3 is 2.82 bits per heavy atom. The number of nitrogens with zero attached hydrogens (tertiary/aromatic N) is 1. The molecular formula is C32H41ClN2O2S. The van der Waals surface area contributed by atoms with Crippen molar-refractivity contribution in [3.63, 3.8) is 0 Å². The van der Waals surface area contributed by atoms with Crippen LogP contribution >= 0.6 is 22.9 Å². The Morgan fingerprint density at radius 1 is 1.24 bits per heavy atom. The van der Waals surface area contributed by atoms with Gasteiger partial charge in [0, 0.05) is 17.6 Å².